The van der Waals surface area contributed by atoms with Crippen LogP contribution in [0.25, 0.3) is 0 Å². The van der Waals surface area contributed by atoms with Crippen LogP contribution in [0.2, 0.25) is 0 Å². The van der Waals surface area contributed by atoms with Gasteiger partial charge in [0.2, 0.25) is 5.91 Å². The molecule has 3 heterocycles. The number of nitrogens with zero attached hydrogens (tertiary/aromatic N) is 3. The number of carboxylic acids is 1. The second-order valence-corrected chi connectivity index (χ2v) is 8.62. The van der Waals surface area contributed by atoms with E-state index in [-0.39, 0.29) is 39.4 Å². The number of Topliss-reactive ketones (excluding diaryl/α,β-unsaturated/α-hetero) is 1. The van der Waals surface area contributed by atoms with Gasteiger partial charge in [0.1, 0.15) is 35.8 Å². The van der Waals surface area contributed by atoms with E-state index in [9.17, 15) is 29.1 Å². The van der Waals surface area contributed by atoms with Gasteiger partial charge in [-0.2, -0.15) is 0 Å². The van der Waals surface area contributed by atoms with Gasteiger partial charge in [0.15, 0.2) is 16.6 Å². The Hall–Kier alpha value is -2.97. The fraction of sp³-hybridized carbons (Fsp3) is 0.353. The average Bonchev–Trinajstić information content (AvgIpc) is 3.21. The topological polar surface area (TPSA) is 167 Å². The van der Waals surface area contributed by atoms with Gasteiger partial charge in [-0.1, -0.05) is 5.16 Å². The number of hydrogen-bond donors (Lipinski definition) is 3. The van der Waals surface area contributed by atoms with E-state index in [0.29, 0.717) is 0 Å². The van der Waals surface area contributed by atoms with Gasteiger partial charge in [0, 0.05) is 16.7 Å². The normalized spacial score (nSPS) is 20.3. The van der Waals surface area contributed by atoms with Crippen LogP contribution >= 0.6 is 34.7 Å². The number of anilines is 1. The monoisotopic (exact) mass is 501 g/mol. The number of carbonyl (C=O) groups excluding carboxylic acids is 4. The first kappa shape index (κ1) is 23.7. The lowest BCUT2D eigenvalue weighted by molar-refractivity contribution is -0.150. The van der Waals surface area contributed by atoms with E-state index in [1.807, 2.05) is 0 Å². The third kappa shape index (κ3) is 4.47. The van der Waals surface area contributed by atoms with Crippen molar-refractivity contribution in [3.05, 3.63) is 22.3 Å². The molecule has 0 saturated carbocycles. The van der Waals surface area contributed by atoms with E-state index in [1.165, 1.54) is 19.4 Å². The van der Waals surface area contributed by atoms with Crippen molar-refractivity contribution in [2.45, 2.75) is 18.3 Å². The predicted molar refractivity (Wildman–Crippen MR) is 115 cm³/mol. The van der Waals surface area contributed by atoms with E-state index in [2.05, 4.69) is 20.8 Å². The van der Waals surface area contributed by atoms with E-state index < -0.39 is 40.9 Å². The summed E-state index contributed by atoms with van der Waals surface area (Å²) in [6.07, 6.45) is 0. The van der Waals surface area contributed by atoms with Crippen molar-refractivity contribution in [1.29, 1.82) is 0 Å². The molecule has 15 heteroatoms. The molecular weight excluding hydrogens is 486 g/mol. The molecule has 2 atom stereocenters. The van der Waals surface area contributed by atoms with Gasteiger partial charge in [-0.05, 0) is 6.92 Å². The third-order valence-corrected chi connectivity index (χ3v) is 6.67. The number of aromatic nitrogens is 1. The number of β-lactam (4-membered cyclic amide) rings is 1. The van der Waals surface area contributed by atoms with E-state index >= 15 is 0 Å². The molecule has 2 aliphatic rings. The van der Waals surface area contributed by atoms with Crippen LogP contribution in [-0.2, 0) is 28.8 Å². The molecule has 12 nitrogen and oxygen atoms in total. The fourth-order valence-corrected chi connectivity index (χ4v) is 5.18. The Bertz CT molecular complexity index is 1070. The standard InChI is InChI=1S/C17H16ClN5O7S2/c1-6(24)7-4-31-15-11(14(27)23(15)12(7)16(28)29)21-13(26)10(22-30-2)8-5-32-17(19-8)20-9(25)3-18/h5,11,15H,3-4H2,1-2H3,(H,21,26)(H,28,29)(H,19,20,25). The molecule has 1 aromatic heterocycles. The highest BCUT2D eigenvalue weighted by atomic mass is 35.5. The van der Waals surface area contributed by atoms with Gasteiger partial charge < -0.3 is 20.6 Å². The largest absolute Gasteiger partial charge is 0.477 e. The minimum atomic E-state index is -1.39. The quantitative estimate of drug-likeness (QED) is 0.192. The Balaban J connectivity index is 1.77. The van der Waals surface area contributed by atoms with Gasteiger partial charge in [0.05, 0.1) is 0 Å². The molecule has 1 saturated heterocycles. The lowest BCUT2D eigenvalue weighted by atomic mass is 10.0. The summed E-state index contributed by atoms with van der Waals surface area (Å²) in [4.78, 5) is 70.0. The molecule has 1 fully saturated rings. The lowest BCUT2D eigenvalue weighted by Gasteiger charge is -2.49. The highest BCUT2D eigenvalue weighted by Crippen LogP contribution is 2.40. The summed E-state index contributed by atoms with van der Waals surface area (Å²) >= 11 is 7.63. The fourth-order valence-electron chi connectivity index (χ4n) is 2.99. The van der Waals surface area contributed by atoms with Gasteiger partial charge in [0.25, 0.3) is 11.8 Å². The molecule has 0 radical (unpaired) electrons. The molecule has 170 valence electrons. The molecule has 2 unspecified atom stereocenters. The zero-order valence-electron chi connectivity index (χ0n) is 16.6. The molecule has 3 N–H and O–H groups in total. The third-order valence-electron chi connectivity index (χ3n) is 4.39. The zero-order valence-corrected chi connectivity index (χ0v) is 19.0. The van der Waals surface area contributed by atoms with E-state index in [0.717, 1.165) is 28.0 Å². The number of thioether (sulfide) groups is 1. The molecule has 32 heavy (non-hydrogen) atoms. The highest BCUT2D eigenvalue weighted by molar-refractivity contribution is 8.00. The van der Waals surface area contributed by atoms with E-state index in [1.54, 1.807) is 0 Å². The zero-order chi connectivity index (χ0) is 23.6. The summed E-state index contributed by atoms with van der Waals surface area (Å²) in [6.45, 7) is 1.23. The van der Waals surface area contributed by atoms with Crippen molar-refractivity contribution in [2.24, 2.45) is 5.16 Å². The Kier molecular flexibility index (Phi) is 7.16. The number of carbonyl (C=O) groups is 5. The Morgan fingerprint density at radius 3 is 2.72 bits per heavy atom. The molecule has 1 aromatic rings. The summed E-state index contributed by atoms with van der Waals surface area (Å²) in [5.41, 5.74) is -0.501. The highest BCUT2D eigenvalue weighted by Gasteiger charge is 2.54. The number of ketones is 1. The number of nitrogens with one attached hydrogen (secondary N) is 2. The Labute approximate surface area is 194 Å². The van der Waals surface area contributed by atoms with Crippen molar-refractivity contribution >= 4 is 75.0 Å². The Morgan fingerprint density at radius 2 is 2.12 bits per heavy atom. The number of halogens is 1. The molecule has 0 bridgehead atoms. The maximum absolute atomic E-state index is 12.8. The summed E-state index contributed by atoms with van der Waals surface area (Å²) in [6, 6.07) is -1.04. The number of thiazole rings is 1. The second kappa shape index (κ2) is 9.67. The number of oxime groups is 1. The maximum atomic E-state index is 12.8. The predicted octanol–water partition coefficient (Wildman–Crippen LogP) is -0.00150. The SMILES string of the molecule is CON=C(C(=O)NC1C(=O)N2C(C(=O)O)=C(C(C)=O)CSC12)c1csc(NC(=O)CCl)n1. The van der Waals surface area contributed by atoms with Crippen molar-refractivity contribution in [3.8, 4) is 0 Å². The van der Waals surface area contributed by atoms with Gasteiger partial charge in [-0.15, -0.1) is 34.7 Å². The number of alkyl halides is 1. The second-order valence-electron chi connectivity index (χ2n) is 6.39. The van der Waals surface area contributed by atoms with Crippen molar-refractivity contribution < 1.29 is 33.9 Å². The van der Waals surface area contributed by atoms with Crippen LogP contribution in [0.1, 0.15) is 12.6 Å². The molecular formula is C17H16ClN5O7S2. The summed E-state index contributed by atoms with van der Waals surface area (Å²) in [7, 11) is 1.22. The minimum absolute atomic E-state index is 0.0347. The van der Waals surface area contributed by atoms with E-state index in [4.69, 9.17) is 16.4 Å². The van der Waals surface area contributed by atoms with Crippen LogP contribution in [0.3, 0.4) is 0 Å². The van der Waals surface area contributed by atoms with Crippen LogP contribution in [0.4, 0.5) is 5.13 Å². The number of carboxylic acid groups (broad SMARTS) is 1. The molecule has 0 spiro atoms. The van der Waals surface area contributed by atoms with Crippen LogP contribution in [0.5, 0.6) is 0 Å². The summed E-state index contributed by atoms with van der Waals surface area (Å²) in [5.74, 6) is -3.96. The summed E-state index contributed by atoms with van der Waals surface area (Å²) < 4.78 is 0. The molecule has 0 aromatic carbocycles. The first-order valence-corrected chi connectivity index (χ1v) is 11.3. The van der Waals surface area contributed by atoms with Crippen molar-refractivity contribution in [2.75, 3.05) is 24.1 Å². The lowest BCUT2D eigenvalue weighted by Crippen LogP contribution is -2.71. The van der Waals surface area contributed by atoms with Crippen LogP contribution < -0.4 is 10.6 Å². The molecule has 0 aliphatic carbocycles. The smallest absolute Gasteiger partial charge is 0.353 e. The molecule has 3 rings (SSSR count). The summed E-state index contributed by atoms with van der Waals surface area (Å²) in [5, 5.41) is 19.0. The number of rotatable bonds is 8. The van der Waals surface area contributed by atoms with Crippen molar-refractivity contribution in [3.63, 3.8) is 0 Å². The minimum Gasteiger partial charge on any atom is -0.477 e. The van der Waals surface area contributed by atoms with Crippen LogP contribution in [0.15, 0.2) is 21.8 Å². The van der Waals surface area contributed by atoms with Gasteiger partial charge in [-0.3, -0.25) is 24.1 Å². The number of fused-ring (bicyclic) bond motifs is 1. The maximum Gasteiger partial charge on any atom is 0.353 e. The first-order chi connectivity index (χ1) is 15.2. The Morgan fingerprint density at radius 1 is 1.41 bits per heavy atom. The van der Waals surface area contributed by atoms with Gasteiger partial charge >= 0.3 is 5.97 Å². The van der Waals surface area contributed by atoms with Gasteiger partial charge in [-0.25, -0.2) is 9.78 Å². The van der Waals surface area contributed by atoms with Crippen LogP contribution in [0, 0.1) is 0 Å². The first-order valence-electron chi connectivity index (χ1n) is 8.85. The van der Waals surface area contributed by atoms with Crippen LogP contribution in [-0.4, -0.2) is 80.3 Å². The molecule has 2 aliphatic heterocycles. The number of amides is 3. The van der Waals surface area contributed by atoms with Crippen molar-refractivity contribution in [1.82, 2.24) is 15.2 Å². The average molecular weight is 502 g/mol. The number of aliphatic carboxylic acids is 1. The molecule has 3 amide bonds. The number of hydrogen-bond acceptors (Lipinski definition) is 10.